The Bertz CT molecular complexity index is 598. The molecule has 1 aromatic carbocycles. The van der Waals surface area contributed by atoms with Crippen molar-refractivity contribution in [3.8, 4) is 0 Å². The summed E-state index contributed by atoms with van der Waals surface area (Å²) < 4.78 is 38.8. The number of carbonyl (C=O) groups excluding carboxylic acids is 1. The Kier molecular flexibility index (Phi) is 7.25. The van der Waals surface area contributed by atoms with E-state index >= 15 is 0 Å². The van der Waals surface area contributed by atoms with Gasteiger partial charge in [0.1, 0.15) is 0 Å². The van der Waals surface area contributed by atoms with Crippen molar-refractivity contribution in [1.82, 2.24) is 9.80 Å². The van der Waals surface area contributed by atoms with Crippen LogP contribution in [0.5, 0.6) is 0 Å². The maximum Gasteiger partial charge on any atom is 0.393 e. The van der Waals surface area contributed by atoms with E-state index in [1.807, 2.05) is 30.3 Å². The van der Waals surface area contributed by atoms with E-state index in [0.29, 0.717) is 6.54 Å². The number of halogens is 4. The van der Waals surface area contributed by atoms with E-state index in [1.54, 1.807) is 7.05 Å². The molecular formula is C16H20ClF3N2O3. The molecule has 1 saturated heterocycles. The molecular weight excluding hydrogens is 361 g/mol. The van der Waals surface area contributed by atoms with Crippen molar-refractivity contribution in [3.05, 3.63) is 35.9 Å². The molecule has 0 bridgehead atoms. The lowest BCUT2D eigenvalue weighted by Crippen LogP contribution is -2.38. The molecule has 2 rings (SSSR count). The minimum atomic E-state index is -4.59. The van der Waals surface area contributed by atoms with Gasteiger partial charge in [0.25, 0.3) is 0 Å². The van der Waals surface area contributed by atoms with Crippen molar-refractivity contribution in [2.45, 2.75) is 12.7 Å². The SMILES string of the molecule is CN(Cc1ccccc1)C(=O)CN1C[C@@H](C(F)(F)F)[C@H](C(=O)O)C1.Cl. The average Bonchev–Trinajstić information content (AvgIpc) is 2.92. The Morgan fingerprint density at radius 1 is 1.24 bits per heavy atom. The molecule has 25 heavy (non-hydrogen) atoms. The van der Waals surface area contributed by atoms with Gasteiger partial charge in [0.2, 0.25) is 5.91 Å². The molecule has 1 aliphatic heterocycles. The molecule has 0 saturated carbocycles. The summed E-state index contributed by atoms with van der Waals surface area (Å²) in [5, 5.41) is 8.98. The molecule has 0 aromatic heterocycles. The minimum Gasteiger partial charge on any atom is -0.481 e. The van der Waals surface area contributed by atoms with Crippen LogP contribution in [0.15, 0.2) is 30.3 Å². The maximum atomic E-state index is 12.9. The van der Waals surface area contributed by atoms with Gasteiger partial charge in [-0.1, -0.05) is 30.3 Å². The predicted octanol–water partition coefficient (Wildman–Crippen LogP) is 2.26. The Labute approximate surface area is 149 Å². The van der Waals surface area contributed by atoms with Crippen molar-refractivity contribution < 1.29 is 27.9 Å². The van der Waals surface area contributed by atoms with Crippen molar-refractivity contribution in [3.63, 3.8) is 0 Å². The van der Waals surface area contributed by atoms with Crippen LogP contribution in [0.4, 0.5) is 13.2 Å². The third-order valence-electron chi connectivity index (χ3n) is 4.18. The zero-order valence-corrected chi connectivity index (χ0v) is 14.4. The zero-order valence-electron chi connectivity index (χ0n) is 13.6. The average molecular weight is 381 g/mol. The second-order valence-electron chi connectivity index (χ2n) is 6.02. The monoisotopic (exact) mass is 380 g/mol. The largest absolute Gasteiger partial charge is 0.481 e. The number of amides is 1. The van der Waals surface area contributed by atoms with Crippen molar-refractivity contribution in [2.75, 3.05) is 26.7 Å². The summed E-state index contributed by atoms with van der Waals surface area (Å²) in [6.07, 6.45) is -4.59. The highest BCUT2D eigenvalue weighted by molar-refractivity contribution is 5.85. The van der Waals surface area contributed by atoms with Crippen LogP contribution in [0.1, 0.15) is 5.56 Å². The number of carboxylic acids is 1. The zero-order chi connectivity index (χ0) is 17.9. The first kappa shape index (κ1) is 21.2. The standard InChI is InChI=1S/C16H19F3N2O3.ClH/c1-20(7-11-5-3-2-4-6-11)14(22)10-21-8-12(15(23)24)13(9-21)16(17,18)19;/h2-6,12-13H,7-10H2,1H3,(H,23,24);1H/t12-,13-;/m1./s1. The smallest absolute Gasteiger partial charge is 0.393 e. The van der Waals surface area contributed by atoms with E-state index < -0.39 is 30.5 Å². The number of rotatable bonds is 5. The molecule has 0 unspecified atom stereocenters. The van der Waals surface area contributed by atoms with Gasteiger partial charge < -0.3 is 10.0 Å². The number of benzene rings is 1. The molecule has 0 spiro atoms. The topological polar surface area (TPSA) is 60.9 Å². The molecule has 0 aliphatic carbocycles. The highest BCUT2D eigenvalue weighted by atomic mass is 35.5. The second kappa shape index (κ2) is 8.53. The fourth-order valence-corrected chi connectivity index (χ4v) is 2.85. The van der Waals surface area contributed by atoms with Gasteiger partial charge in [-0.25, -0.2) is 0 Å². The molecule has 1 heterocycles. The highest BCUT2D eigenvalue weighted by Crippen LogP contribution is 2.37. The molecule has 1 N–H and O–H groups in total. The van der Waals surface area contributed by atoms with Gasteiger partial charge in [0.05, 0.1) is 18.4 Å². The number of carboxylic acid groups (broad SMARTS) is 1. The normalized spacial score (nSPS) is 20.8. The summed E-state index contributed by atoms with van der Waals surface area (Å²) >= 11 is 0. The van der Waals surface area contributed by atoms with E-state index in [9.17, 15) is 22.8 Å². The molecule has 5 nitrogen and oxygen atoms in total. The Morgan fingerprint density at radius 3 is 2.32 bits per heavy atom. The van der Waals surface area contributed by atoms with Gasteiger partial charge in [-0.15, -0.1) is 12.4 Å². The van der Waals surface area contributed by atoms with E-state index in [2.05, 4.69) is 0 Å². The molecule has 2 atom stereocenters. The number of hydrogen-bond acceptors (Lipinski definition) is 3. The summed E-state index contributed by atoms with van der Waals surface area (Å²) in [4.78, 5) is 25.9. The molecule has 1 amide bonds. The lowest BCUT2D eigenvalue weighted by Gasteiger charge is -2.22. The van der Waals surface area contributed by atoms with Crippen LogP contribution in [-0.2, 0) is 16.1 Å². The van der Waals surface area contributed by atoms with E-state index in [4.69, 9.17) is 5.11 Å². The highest BCUT2D eigenvalue weighted by Gasteiger charge is 2.52. The third kappa shape index (κ3) is 5.61. The third-order valence-corrected chi connectivity index (χ3v) is 4.18. The number of hydrogen-bond donors (Lipinski definition) is 1. The fraction of sp³-hybridized carbons (Fsp3) is 0.500. The maximum absolute atomic E-state index is 12.9. The van der Waals surface area contributed by atoms with Gasteiger partial charge in [-0.2, -0.15) is 13.2 Å². The van der Waals surface area contributed by atoms with Crippen LogP contribution in [0.3, 0.4) is 0 Å². The number of likely N-dealkylation sites (N-methyl/N-ethyl adjacent to an activating group) is 1. The number of nitrogens with zero attached hydrogens (tertiary/aromatic N) is 2. The molecule has 140 valence electrons. The lowest BCUT2D eigenvalue weighted by molar-refractivity contribution is -0.188. The van der Waals surface area contributed by atoms with Gasteiger partial charge in [0.15, 0.2) is 0 Å². The molecule has 1 fully saturated rings. The summed E-state index contributed by atoms with van der Waals surface area (Å²) in [7, 11) is 1.57. The number of likely N-dealkylation sites (tertiary alicyclic amines) is 1. The Morgan fingerprint density at radius 2 is 1.84 bits per heavy atom. The molecule has 1 aliphatic rings. The lowest BCUT2D eigenvalue weighted by atomic mass is 9.96. The summed E-state index contributed by atoms with van der Waals surface area (Å²) in [5.74, 6) is -5.30. The van der Waals surface area contributed by atoms with E-state index in [-0.39, 0.29) is 31.4 Å². The summed E-state index contributed by atoms with van der Waals surface area (Å²) in [6, 6.07) is 9.21. The first-order chi connectivity index (χ1) is 11.2. The summed E-state index contributed by atoms with van der Waals surface area (Å²) in [6.45, 7) is -0.617. The van der Waals surface area contributed by atoms with Crippen LogP contribution < -0.4 is 0 Å². The van der Waals surface area contributed by atoms with Crippen LogP contribution in [0, 0.1) is 11.8 Å². The van der Waals surface area contributed by atoms with Crippen LogP contribution in [-0.4, -0.2) is 59.6 Å². The predicted molar refractivity (Wildman–Crippen MR) is 87.3 cm³/mol. The fourth-order valence-electron chi connectivity index (χ4n) is 2.85. The van der Waals surface area contributed by atoms with Gasteiger partial charge in [-0.3, -0.25) is 14.5 Å². The van der Waals surface area contributed by atoms with Crippen molar-refractivity contribution in [2.24, 2.45) is 11.8 Å². The number of alkyl halides is 3. The Hall–Kier alpha value is -1.80. The Balaban J connectivity index is 0.00000312. The molecule has 1 aromatic rings. The quantitative estimate of drug-likeness (QED) is 0.851. The van der Waals surface area contributed by atoms with Crippen molar-refractivity contribution in [1.29, 1.82) is 0 Å². The molecule has 0 radical (unpaired) electrons. The van der Waals surface area contributed by atoms with E-state index in [0.717, 1.165) is 5.56 Å². The molecule has 9 heteroatoms. The summed E-state index contributed by atoms with van der Waals surface area (Å²) in [5.41, 5.74) is 0.909. The first-order valence-corrected chi connectivity index (χ1v) is 7.48. The number of carbonyl (C=O) groups is 2. The van der Waals surface area contributed by atoms with E-state index in [1.165, 1.54) is 9.80 Å². The van der Waals surface area contributed by atoms with Crippen molar-refractivity contribution >= 4 is 24.3 Å². The van der Waals surface area contributed by atoms with Gasteiger partial charge in [-0.05, 0) is 5.56 Å². The minimum absolute atomic E-state index is 0. The van der Waals surface area contributed by atoms with Gasteiger partial charge >= 0.3 is 12.1 Å². The first-order valence-electron chi connectivity index (χ1n) is 7.48. The second-order valence-corrected chi connectivity index (χ2v) is 6.02. The van der Waals surface area contributed by atoms with Crippen LogP contribution >= 0.6 is 12.4 Å². The number of aliphatic carboxylic acids is 1. The van der Waals surface area contributed by atoms with Crippen LogP contribution in [0.2, 0.25) is 0 Å². The van der Waals surface area contributed by atoms with Crippen LogP contribution in [0.25, 0.3) is 0 Å². The van der Waals surface area contributed by atoms with Gasteiger partial charge in [0, 0.05) is 26.7 Å².